The highest BCUT2D eigenvalue weighted by Crippen LogP contribution is 2.27. The van der Waals surface area contributed by atoms with Crippen LogP contribution < -0.4 is 15.9 Å². The molecule has 1 aromatic carbocycles. The Balaban J connectivity index is 1.49. The summed E-state index contributed by atoms with van der Waals surface area (Å²) in [7, 11) is 0. The highest BCUT2D eigenvalue weighted by Gasteiger charge is 2.31. The van der Waals surface area contributed by atoms with Crippen LogP contribution in [0.2, 0.25) is 0 Å². The van der Waals surface area contributed by atoms with E-state index in [2.05, 4.69) is 14.9 Å². The molecular weight excluding hydrogens is 417 g/mol. The molecule has 0 atom stereocenters. The first-order valence-corrected chi connectivity index (χ1v) is 9.80. The third-order valence-electron chi connectivity index (χ3n) is 5.17. The van der Waals surface area contributed by atoms with Crippen molar-refractivity contribution in [3.8, 4) is 17.1 Å². The Bertz CT molecular complexity index is 1160. The Kier molecular flexibility index (Phi) is 5.66. The van der Waals surface area contributed by atoms with Gasteiger partial charge in [0.15, 0.2) is 0 Å². The third kappa shape index (κ3) is 4.86. The molecule has 0 aliphatic heterocycles. The van der Waals surface area contributed by atoms with Gasteiger partial charge in [-0.15, -0.1) is 13.2 Å². The quantitative estimate of drug-likeness (QED) is 0.569. The molecule has 1 fully saturated rings. The molecule has 0 bridgehead atoms. The van der Waals surface area contributed by atoms with E-state index < -0.39 is 17.5 Å². The van der Waals surface area contributed by atoms with Gasteiger partial charge in [0, 0.05) is 24.0 Å². The van der Waals surface area contributed by atoms with Gasteiger partial charge >= 0.3 is 17.5 Å². The molecule has 1 aliphatic carbocycles. The predicted molar refractivity (Wildman–Crippen MR) is 103 cm³/mol. The van der Waals surface area contributed by atoms with Gasteiger partial charge in [-0.05, 0) is 37.1 Å². The summed E-state index contributed by atoms with van der Waals surface area (Å²) in [6.45, 7) is -0.0954. The molecule has 11 heteroatoms. The van der Waals surface area contributed by atoms with Crippen molar-refractivity contribution in [2.75, 3.05) is 0 Å². The van der Waals surface area contributed by atoms with Crippen LogP contribution in [-0.4, -0.2) is 25.6 Å². The van der Waals surface area contributed by atoms with Gasteiger partial charge in [-0.3, -0.25) is 14.2 Å². The molecule has 0 unspecified atom stereocenters. The number of halogens is 3. The number of aromatic nitrogens is 4. The van der Waals surface area contributed by atoms with E-state index in [4.69, 9.17) is 4.52 Å². The fourth-order valence-corrected chi connectivity index (χ4v) is 3.68. The van der Waals surface area contributed by atoms with Crippen molar-refractivity contribution in [3.05, 3.63) is 63.3 Å². The van der Waals surface area contributed by atoms with Gasteiger partial charge in [-0.2, -0.15) is 4.98 Å². The van der Waals surface area contributed by atoms with Crippen LogP contribution in [-0.2, 0) is 6.54 Å². The van der Waals surface area contributed by atoms with Gasteiger partial charge in [-0.25, -0.2) is 0 Å². The van der Waals surface area contributed by atoms with Gasteiger partial charge in [0.25, 0.3) is 0 Å². The minimum absolute atomic E-state index is 0.0444. The van der Waals surface area contributed by atoms with Crippen LogP contribution in [0.15, 0.2) is 50.8 Å². The highest BCUT2D eigenvalue weighted by atomic mass is 19.4. The Labute approximate surface area is 173 Å². The van der Waals surface area contributed by atoms with Crippen LogP contribution in [0.1, 0.15) is 44.0 Å². The first-order chi connectivity index (χ1) is 14.8. The maximum Gasteiger partial charge on any atom is 0.573 e. The second kappa shape index (κ2) is 8.40. The summed E-state index contributed by atoms with van der Waals surface area (Å²) in [4.78, 5) is 29.2. The van der Waals surface area contributed by atoms with Gasteiger partial charge < -0.3 is 13.8 Å². The molecular formula is C20H19F3N4O4. The number of hydrogen-bond donors (Lipinski definition) is 0. The molecule has 0 radical (unpaired) electrons. The number of nitrogens with zero attached hydrogens (tertiary/aromatic N) is 4. The molecule has 31 heavy (non-hydrogen) atoms. The summed E-state index contributed by atoms with van der Waals surface area (Å²) in [6.07, 6.45) is 3.32. The zero-order chi connectivity index (χ0) is 22.0. The lowest BCUT2D eigenvalue weighted by Gasteiger charge is -2.23. The van der Waals surface area contributed by atoms with Crippen molar-refractivity contribution in [1.29, 1.82) is 0 Å². The first-order valence-electron chi connectivity index (χ1n) is 9.80. The van der Waals surface area contributed by atoms with Gasteiger partial charge in [0.2, 0.25) is 11.7 Å². The van der Waals surface area contributed by atoms with Crippen LogP contribution in [0.3, 0.4) is 0 Å². The number of benzene rings is 1. The van der Waals surface area contributed by atoms with Crippen molar-refractivity contribution >= 4 is 0 Å². The smallest absolute Gasteiger partial charge is 0.406 e. The Morgan fingerprint density at radius 1 is 1.03 bits per heavy atom. The molecule has 0 spiro atoms. The summed E-state index contributed by atoms with van der Waals surface area (Å²) in [5.74, 6) is -0.148. The maximum atomic E-state index is 12.5. The fraction of sp³-hybridized carbons (Fsp3) is 0.400. The normalized spacial score (nSPS) is 15.2. The minimum atomic E-state index is -4.78. The summed E-state index contributed by atoms with van der Waals surface area (Å²) in [6, 6.07) is 5.02. The Morgan fingerprint density at radius 3 is 2.42 bits per heavy atom. The van der Waals surface area contributed by atoms with Crippen LogP contribution >= 0.6 is 0 Å². The average Bonchev–Trinajstić information content (AvgIpc) is 3.20. The molecule has 1 aliphatic rings. The second-order valence-corrected chi connectivity index (χ2v) is 7.32. The average molecular weight is 436 g/mol. The van der Waals surface area contributed by atoms with Crippen molar-refractivity contribution in [1.82, 2.24) is 19.3 Å². The van der Waals surface area contributed by atoms with Crippen molar-refractivity contribution in [2.24, 2.45) is 0 Å². The Morgan fingerprint density at radius 2 is 1.74 bits per heavy atom. The van der Waals surface area contributed by atoms with Crippen molar-refractivity contribution in [2.45, 2.75) is 51.1 Å². The van der Waals surface area contributed by atoms with Crippen LogP contribution in [0, 0.1) is 0 Å². The maximum absolute atomic E-state index is 12.5. The van der Waals surface area contributed by atoms with Crippen LogP contribution in [0.25, 0.3) is 11.4 Å². The number of rotatable bonds is 5. The predicted octanol–water partition coefficient (Wildman–Crippen LogP) is 3.51. The minimum Gasteiger partial charge on any atom is -0.406 e. The molecule has 0 amide bonds. The number of ether oxygens (including phenoxy) is 1. The molecule has 8 nitrogen and oxygen atoms in total. The Hall–Kier alpha value is -3.37. The monoisotopic (exact) mass is 436 g/mol. The molecule has 0 saturated heterocycles. The van der Waals surface area contributed by atoms with Crippen molar-refractivity contribution in [3.63, 3.8) is 0 Å². The molecule has 0 N–H and O–H groups in total. The zero-order valence-corrected chi connectivity index (χ0v) is 16.3. The second-order valence-electron chi connectivity index (χ2n) is 7.32. The molecule has 1 saturated carbocycles. The number of alkyl halides is 3. The molecule has 4 rings (SSSR count). The third-order valence-corrected chi connectivity index (χ3v) is 5.17. The van der Waals surface area contributed by atoms with Gasteiger partial charge in [0.05, 0.1) is 0 Å². The molecule has 2 aromatic heterocycles. The van der Waals surface area contributed by atoms with E-state index in [9.17, 15) is 22.8 Å². The summed E-state index contributed by atoms with van der Waals surface area (Å²) in [5.41, 5.74) is -0.861. The van der Waals surface area contributed by atoms with Gasteiger partial charge in [-0.1, -0.05) is 24.4 Å². The molecule has 164 valence electrons. The van der Waals surface area contributed by atoms with E-state index in [1.807, 2.05) is 0 Å². The van der Waals surface area contributed by atoms with Gasteiger partial charge in [0.1, 0.15) is 12.3 Å². The summed E-state index contributed by atoms with van der Waals surface area (Å²) >= 11 is 0. The van der Waals surface area contributed by atoms with Crippen molar-refractivity contribution < 1.29 is 22.4 Å². The molecule has 2 heterocycles. The lowest BCUT2D eigenvalue weighted by atomic mass is 9.95. The summed E-state index contributed by atoms with van der Waals surface area (Å²) in [5, 5.41) is 3.78. The fourth-order valence-electron chi connectivity index (χ4n) is 3.68. The summed E-state index contributed by atoms with van der Waals surface area (Å²) < 4.78 is 48.4. The zero-order valence-electron chi connectivity index (χ0n) is 16.3. The molecule has 3 aromatic rings. The van der Waals surface area contributed by atoms with E-state index in [0.29, 0.717) is 5.56 Å². The largest absolute Gasteiger partial charge is 0.573 e. The van der Waals surface area contributed by atoms with E-state index in [0.717, 1.165) is 44.2 Å². The number of hydrogen-bond acceptors (Lipinski definition) is 6. The van der Waals surface area contributed by atoms with E-state index in [1.54, 1.807) is 6.20 Å². The van der Waals surface area contributed by atoms with E-state index in [1.165, 1.54) is 27.5 Å². The lowest BCUT2D eigenvalue weighted by molar-refractivity contribution is -0.274. The van der Waals surface area contributed by atoms with Crippen LogP contribution in [0.4, 0.5) is 13.2 Å². The van der Waals surface area contributed by atoms with E-state index in [-0.39, 0.29) is 30.1 Å². The standard InChI is InChI=1S/C20H19F3N4O4/c21-20(22,23)30-15-8-6-13(7-9-15)17-24-16(31-25-17)12-26-10-11-27(19(29)18(26)28)14-4-2-1-3-5-14/h6-11,14H,1-5,12H2. The SMILES string of the molecule is O=c1c(=O)n(C2CCCCC2)ccn1Cc1nc(-c2ccc(OC(F)(F)F)cc2)no1. The highest BCUT2D eigenvalue weighted by molar-refractivity contribution is 5.55. The lowest BCUT2D eigenvalue weighted by Crippen LogP contribution is -2.42. The van der Waals surface area contributed by atoms with E-state index >= 15 is 0 Å². The van der Waals surface area contributed by atoms with Crippen LogP contribution in [0.5, 0.6) is 5.75 Å². The topological polar surface area (TPSA) is 92.2 Å². The first kappa shape index (κ1) is 20.9.